The van der Waals surface area contributed by atoms with Crippen molar-refractivity contribution < 1.29 is 22.3 Å². The first-order chi connectivity index (χ1) is 11.9. The summed E-state index contributed by atoms with van der Waals surface area (Å²) in [5.41, 5.74) is -0.134. The average Bonchev–Trinajstić information content (AvgIpc) is 2.59. The molecule has 1 aromatic heterocycles. The van der Waals surface area contributed by atoms with Gasteiger partial charge in [-0.3, -0.25) is 0 Å². The molecule has 0 spiro atoms. The molecule has 0 saturated heterocycles. The normalized spacial score (nSPS) is 11.7. The Hall–Kier alpha value is -2.48. The molecule has 4 nitrogen and oxygen atoms in total. The van der Waals surface area contributed by atoms with Crippen LogP contribution in [0.5, 0.6) is 5.75 Å². The maximum atomic E-state index is 12.5. The SMILES string of the molecule is COc1ccc2c(=O)oc(SCc3ccc(C(F)(F)F)cc3)nc2c1. The zero-order valence-electron chi connectivity index (χ0n) is 13.0. The quantitative estimate of drug-likeness (QED) is 0.635. The largest absolute Gasteiger partial charge is 0.497 e. The van der Waals surface area contributed by atoms with E-state index in [9.17, 15) is 18.0 Å². The van der Waals surface area contributed by atoms with E-state index in [0.29, 0.717) is 28.0 Å². The van der Waals surface area contributed by atoms with E-state index >= 15 is 0 Å². The molecule has 3 aromatic rings. The number of aromatic nitrogens is 1. The summed E-state index contributed by atoms with van der Waals surface area (Å²) in [6.45, 7) is 0. The molecule has 0 N–H and O–H groups in total. The Bertz CT molecular complexity index is 952. The number of benzene rings is 2. The van der Waals surface area contributed by atoms with E-state index in [1.54, 1.807) is 18.2 Å². The highest BCUT2D eigenvalue weighted by Gasteiger charge is 2.29. The molecule has 0 unspecified atom stereocenters. The zero-order valence-corrected chi connectivity index (χ0v) is 13.8. The molecule has 130 valence electrons. The molecule has 0 atom stereocenters. The third-order valence-corrected chi connectivity index (χ3v) is 4.36. The van der Waals surface area contributed by atoms with Gasteiger partial charge in [0, 0.05) is 11.8 Å². The van der Waals surface area contributed by atoms with Crippen molar-refractivity contribution in [2.24, 2.45) is 0 Å². The second-order valence-corrected chi connectivity index (χ2v) is 6.06. The van der Waals surface area contributed by atoms with Crippen LogP contribution in [0.15, 0.2) is 56.9 Å². The number of halogens is 3. The molecule has 25 heavy (non-hydrogen) atoms. The number of rotatable bonds is 4. The highest BCUT2D eigenvalue weighted by Crippen LogP contribution is 2.30. The molecule has 0 aliphatic heterocycles. The maximum absolute atomic E-state index is 12.5. The molecule has 3 rings (SSSR count). The van der Waals surface area contributed by atoms with Crippen LogP contribution < -0.4 is 10.4 Å². The van der Waals surface area contributed by atoms with Crippen molar-refractivity contribution in [2.75, 3.05) is 7.11 Å². The first-order valence-corrected chi connectivity index (χ1v) is 8.13. The lowest BCUT2D eigenvalue weighted by Gasteiger charge is -2.07. The summed E-state index contributed by atoms with van der Waals surface area (Å²) < 4.78 is 47.9. The Kier molecular flexibility index (Phi) is 4.71. The molecular formula is C17H12F3NO3S. The summed E-state index contributed by atoms with van der Waals surface area (Å²) in [6.07, 6.45) is -4.36. The van der Waals surface area contributed by atoms with E-state index < -0.39 is 17.4 Å². The Morgan fingerprint density at radius 2 is 1.88 bits per heavy atom. The molecule has 0 saturated carbocycles. The fraction of sp³-hybridized carbons (Fsp3) is 0.176. The molecule has 8 heteroatoms. The Morgan fingerprint density at radius 1 is 1.16 bits per heavy atom. The van der Waals surface area contributed by atoms with E-state index in [0.717, 1.165) is 23.9 Å². The summed E-state index contributed by atoms with van der Waals surface area (Å²) in [7, 11) is 1.51. The molecule has 0 aliphatic rings. The van der Waals surface area contributed by atoms with Gasteiger partial charge in [0.25, 0.3) is 5.22 Å². The van der Waals surface area contributed by atoms with Gasteiger partial charge in [0.1, 0.15) is 5.75 Å². The number of ether oxygens (including phenoxy) is 1. The van der Waals surface area contributed by atoms with E-state index in [1.807, 2.05) is 0 Å². The first-order valence-electron chi connectivity index (χ1n) is 7.14. The third-order valence-electron chi connectivity index (χ3n) is 3.46. The molecule has 0 amide bonds. The maximum Gasteiger partial charge on any atom is 0.416 e. The van der Waals surface area contributed by atoms with Crippen LogP contribution in [0.1, 0.15) is 11.1 Å². The van der Waals surface area contributed by atoms with Gasteiger partial charge in [0.15, 0.2) is 0 Å². The highest BCUT2D eigenvalue weighted by molar-refractivity contribution is 7.98. The number of thioether (sulfide) groups is 1. The van der Waals surface area contributed by atoms with Crippen LogP contribution in [0.25, 0.3) is 10.9 Å². The third kappa shape index (κ3) is 3.96. The van der Waals surface area contributed by atoms with Crippen LogP contribution in [0, 0.1) is 0 Å². The summed E-state index contributed by atoms with van der Waals surface area (Å²) in [5, 5.41) is 0.477. The van der Waals surface area contributed by atoms with Gasteiger partial charge in [-0.25, -0.2) is 9.78 Å². The van der Waals surface area contributed by atoms with E-state index in [-0.39, 0.29) is 5.22 Å². The smallest absolute Gasteiger partial charge is 0.416 e. The van der Waals surface area contributed by atoms with Crippen molar-refractivity contribution in [3.8, 4) is 5.75 Å². The van der Waals surface area contributed by atoms with Gasteiger partial charge >= 0.3 is 11.8 Å². The van der Waals surface area contributed by atoms with Gasteiger partial charge in [0.2, 0.25) is 0 Å². The van der Waals surface area contributed by atoms with Gasteiger partial charge in [-0.15, -0.1) is 0 Å². The minimum atomic E-state index is -4.36. The fourth-order valence-corrected chi connectivity index (χ4v) is 2.94. The molecule has 1 heterocycles. The minimum absolute atomic E-state index is 0.144. The van der Waals surface area contributed by atoms with Crippen molar-refractivity contribution in [2.45, 2.75) is 17.2 Å². The lowest BCUT2D eigenvalue weighted by molar-refractivity contribution is -0.137. The van der Waals surface area contributed by atoms with Crippen LogP contribution in [0.4, 0.5) is 13.2 Å². The van der Waals surface area contributed by atoms with Crippen LogP contribution >= 0.6 is 11.8 Å². The number of fused-ring (bicyclic) bond motifs is 1. The van der Waals surface area contributed by atoms with Crippen LogP contribution in [0.3, 0.4) is 0 Å². The summed E-state index contributed by atoms with van der Waals surface area (Å²) in [4.78, 5) is 16.2. The second-order valence-electron chi connectivity index (χ2n) is 5.13. The second kappa shape index (κ2) is 6.79. The van der Waals surface area contributed by atoms with Crippen molar-refractivity contribution >= 4 is 22.7 Å². The van der Waals surface area contributed by atoms with Gasteiger partial charge < -0.3 is 9.15 Å². The Balaban J connectivity index is 1.80. The van der Waals surface area contributed by atoms with Crippen molar-refractivity contribution in [1.29, 1.82) is 0 Å². The van der Waals surface area contributed by atoms with E-state index in [2.05, 4.69) is 4.98 Å². The standard InChI is InChI=1S/C17H12F3NO3S/c1-23-12-6-7-13-14(8-12)21-16(24-15(13)22)25-9-10-2-4-11(5-3-10)17(18,19)20/h2-8H,9H2,1H3. The Morgan fingerprint density at radius 3 is 2.52 bits per heavy atom. The molecular weight excluding hydrogens is 355 g/mol. The van der Waals surface area contributed by atoms with Crippen LogP contribution in [-0.4, -0.2) is 12.1 Å². The molecule has 0 aliphatic carbocycles. The zero-order chi connectivity index (χ0) is 18.0. The van der Waals surface area contributed by atoms with Gasteiger partial charge in [0.05, 0.1) is 23.6 Å². The lowest BCUT2D eigenvalue weighted by Crippen LogP contribution is -2.04. The number of alkyl halides is 3. The van der Waals surface area contributed by atoms with E-state index in [1.165, 1.54) is 19.2 Å². The number of nitrogens with zero attached hydrogens (tertiary/aromatic N) is 1. The van der Waals surface area contributed by atoms with Crippen molar-refractivity contribution in [1.82, 2.24) is 4.98 Å². The molecule has 0 radical (unpaired) electrons. The summed E-state index contributed by atoms with van der Waals surface area (Å²) in [6, 6.07) is 9.63. The fourth-order valence-electron chi connectivity index (χ4n) is 2.16. The van der Waals surface area contributed by atoms with Crippen LogP contribution in [-0.2, 0) is 11.9 Å². The monoisotopic (exact) mass is 367 g/mol. The van der Waals surface area contributed by atoms with Gasteiger partial charge in [-0.05, 0) is 29.8 Å². The Labute approximate surface area is 144 Å². The molecule has 0 bridgehead atoms. The minimum Gasteiger partial charge on any atom is -0.497 e. The molecule has 0 fully saturated rings. The van der Waals surface area contributed by atoms with Gasteiger partial charge in [-0.2, -0.15) is 13.2 Å². The average molecular weight is 367 g/mol. The predicted molar refractivity (Wildman–Crippen MR) is 87.8 cm³/mol. The lowest BCUT2D eigenvalue weighted by atomic mass is 10.1. The van der Waals surface area contributed by atoms with Crippen LogP contribution in [0.2, 0.25) is 0 Å². The topological polar surface area (TPSA) is 52.3 Å². The summed E-state index contributed by atoms with van der Waals surface area (Å²) in [5.74, 6) is 0.882. The number of hydrogen-bond acceptors (Lipinski definition) is 5. The first kappa shape index (κ1) is 17.3. The van der Waals surface area contributed by atoms with E-state index in [4.69, 9.17) is 9.15 Å². The predicted octanol–water partition coefficient (Wildman–Crippen LogP) is 4.51. The molecule has 2 aromatic carbocycles. The van der Waals surface area contributed by atoms with Crippen molar-refractivity contribution in [3.05, 3.63) is 64.0 Å². The van der Waals surface area contributed by atoms with Gasteiger partial charge in [-0.1, -0.05) is 23.9 Å². The highest BCUT2D eigenvalue weighted by atomic mass is 32.2. The summed E-state index contributed by atoms with van der Waals surface area (Å²) >= 11 is 1.13. The number of methoxy groups -OCH3 is 1. The van der Waals surface area contributed by atoms with Crippen molar-refractivity contribution in [3.63, 3.8) is 0 Å². The number of hydrogen-bond donors (Lipinski definition) is 0.